The number of aliphatic hydroxyl groups is 1. The topological polar surface area (TPSA) is 120 Å². The second-order valence-electron chi connectivity index (χ2n) is 13.0. The van der Waals surface area contributed by atoms with Gasteiger partial charge in [-0.1, -0.05) is 151 Å². The molecule has 47 heavy (non-hydrogen) atoms. The SMILES string of the molecule is CCCCCCCCCCCCCCCCOP(=O)(OC(=O)[C@H](CO)NC(=O)OC(C)(C)C)OC(c1ccccc1)c1ccccc1. The first-order chi connectivity index (χ1) is 22.6. The highest BCUT2D eigenvalue weighted by Crippen LogP contribution is 2.55. The van der Waals surface area contributed by atoms with Gasteiger partial charge in [0.25, 0.3) is 0 Å². The van der Waals surface area contributed by atoms with E-state index in [1.54, 1.807) is 20.8 Å². The number of alkyl carbamates (subject to hydrolysis) is 1. The lowest BCUT2D eigenvalue weighted by Gasteiger charge is -2.26. The van der Waals surface area contributed by atoms with E-state index in [0.29, 0.717) is 17.5 Å². The van der Waals surface area contributed by atoms with Crippen molar-refractivity contribution in [2.24, 2.45) is 0 Å². The maximum absolute atomic E-state index is 14.1. The van der Waals surface area contributed by atoms with Crippen LogP contribution in [0.25, 0.3) is 0 Å². The van der Waals surface area contributed by atoms with Gasteiger partial charge >= 0.3 is 19.9 Å². The van der Waals surface area contributed by atoms with Crippen molar-refractivity contribution in [3.8, 4) is 0 Å². The van der Waals surface area contributed by atoms with Crippen LogP contribution in [-0.2, 0) is 27.7 Å². The van der Waals surface area contributed by atoms with Crippen molar-refractivity contribution in [3.05, 3.63) is 71.8 Å². The quantitative estimate of drug-likeness (QED) is 0.0833. The number of carbonyl (C=O) groups is 2. The molecule has 0 aliphatic rings. The molecule has 0 fully saturated rings. The molecule has 2 aromatic carbocycles. The largest absolute Gasteiger partial charge is 0.533 e. The minimum atomic E-state index is -4.55. The van der Waals surface area contributed by atoms with Gasteiger partial charge in [0.15, 0.2) is 6.04 Å². The van der Waals surface area contributed by atoms with Gasteiger partial charge in [0.2, 0.25) is 0 Å². The summed E-state index contributed by atoms with van der Waals surface area (Å²) in [5.41, 5.74) is 0.531. The third-order valence-corrected chi connectivity index (χ3v) is 8.92. The van der Waals surface area contributed by atoms with Gasteiger partial charge in [-0.25, -0.2) is 14.2 Å². The highest BCUT2D eigenvalue weighted by atomic mass is 31.2. The number of carbonyl (C=O) groups excluding carboxylic acids is 2. The fraction of sp³-hybridized carbons (Fsp3) is 0.622. The van der Waals surface area contributed by atoms with Crippen LogP contribution in [0.2, 0.25) is 0 Å². The smallest absolute Gasteiger partial charge is 0.444 e. The van der Waals surface area contributed by atoms with Crippen molar-refractivity contribution in [2.45, 2.75) is 135 Å². The van der Waals surface area contributed by atoms with E-state index in [9.17, 15) is 19.3 Å². The molecule has 1 amide bonds. The van der Waals surface area contributed by atoms with Gasteiger partial charge in [-0.3, -0.25) is 9.05 Å². The lowest BCUT2D eigenvalue weighted by Crippen LogP contribution is -2.46. The number of ether oxygens (including phenoxy) is 1. The number of rotatable bonds is 24. The zero-order valence-corrected chi connectivity index (χ0v) is 29.9. The van der Waals surface area contributed by atoms with Crippen LogP contribution in [0.5, 0.6) is 0 Å². The van der Waals surface area contributed by atoms with Crippen LogP contribution in [0.15, 0.2) is 60.7 Å². The summed E-state index contributed by atoms with van der Waals surface area (Å²) in [4.78, 5) is 25.4. The first kappa shape index (κ1) is 40.5. The molecule has 2 atom stereocenters. The molecule has 2 aromatic rings. The molecule has 0 saturated heterocycles. The molecule has 0 bridgehead atoms. The summed E-state index contributed by atoms with van der Waals surface area (Å²) in [6.45, 7) is 6.48. The van der Waals surface area contributed by atoms with Gasteiger partial charge in [-0.2, -0.15) is 0 Å². The molecule has 264 valence electrons. The lowest BCUT2D eigenvalue weighted by atomic mass is 10.0. The molecule has 0 aliphatic heterocycles. The second-order valence-corrected chi connectivity index (χ2v) is 14.5. The number of hydrogen-bond donors (Lipinski definition) is 2. The number of aliphatic hydroxyl groups excluding tert-OH is 1. The Hall–Kier alpha value is -2.71. The van der Waals surface area contributed by atoms with Gasteiger partial charge < -0.3 is 19.7 Å². The Labute approximate surface area is 282 Å². The third-order valence-electron chi connectivity index (χ3n) is 7.55. The number of unbranched alkanes of at least 4 members (excludes halogenated alkanes) is 13. The Morgan fingerprint density at radius 1 is 0.745 bits per heavy atom. The maximum atomic E-state index is 14.1. The van der Waals surface area contributed by atoms with E-state index in [1.165, 1.54) is 64.2 Å². The Kier molecular flexibility index (Phi) is 19.6. The molecule has 0 aliphatic carbocycles. The average Bonchev–Trinajstić information content (AvgIpc) is 3.04. The van der Waals surface area contributed by atoms with Gasteiger partial charge in [0.1, 0.15) is 11.7 Å². The van der Waals surface area contributed by atoms with Crippen molar-refractivity contribution in [2.75, 3.05) is 13.2 Å². The normalized spacial score (nSPS) is 13.6. The Bertz CT molecular complexity index is 1130. The Balaban J connectivity index is 1.98. The van der Waals surface area contributed by atoms with E-state index in [2.05, 4.69) is 12.2 Å². The van der Waals surface area contributed by atoms with Crippen LogP contribution in [0.3, 0.4) is 0 Å². The Morgan fingerprint density at radius 3 is 1.62 bits per heavy atom. The second kappa shape index (κ2) is 22.8. The minimum absolute atomic E-state index is 0.0438. The fourth-order valence-corrected chi connectivity index (χ4v) is 6.41. The highest BCUT2D eigenvalue weighted by molar-refractivity contribution is 7.49. The number of phosphoric acid groups is 1. The molecule has 0 radical (unpaired) electrons. The number of hydrogen-bond acceptors (Lipinski definition) is 8. The summed E-state index contributed by atoms with van der Waals surface area (Å²) in [5.74, 6) is -1.16. The first-order valence-electron chi connectivity index (χ1n) is 17.4. The number of amides is 1. The van der Waals surface area contributed by atoms with E-state index < -0.39 is 44.2 Å². The first-order valence-corrected chi connectivity index (χ1v) is 18.9. The summed E-state index contributed by atoms with van der Waals surface area (Å²) >= 11 is 0. The van der Waals surface area contributed by atoms with Crippen LogP contribution in [0.1, 0.15) is 135 Å². The van der Waals surface area contributed by atoms with Crippen LogP contribution in [0.4, 0.5) is 4.79 Å². The molecule has 0 spiro atoms. The minimum Gasteiger partial charge on any atom is -0.444 e. The predicted octanol–water partition coefficient (Wildman–Crippen LogP) is 9.83. The van der Waals surface area contributed by atoms with Crippen molar-refractivity contribution < 1.29 is 37.6 Å². The van der Waals surface area contributed by atoms with Crippen molar-refractivity contribution in [3.63, 3.8) is 0 Å². The summed E-state index contributed by atoms with van der Waals surface area (Å²) in [7, 11) is -4.55. The van der Waals surface area contributed by atoms with Crippen LogP contribution < -0.4 is 5.32 Å². The number of nitrogens with one attached hydrogen (secondary N) is 1. The predicted molar refractivity (Wildman–Crippen MR) is 186 cm³/mol. The standard InChI is InChI=1S/C37H58NO8P/c1-5-6-7-8-9-10-11-12-13-14-15-16-17-24-29-43-47(42,46-35(40)33(30-39)38-36(41)44-37(2,3)4)45-34(31-25-20-18-21-26-31)32-27-22-19-23-28-32/h18-23,25-28,33-34,39H,5-17,24,29-30H2,1-4H3,(H,38,41)/t33-,47?/m0/s1. The van der Waals surface area contributed by atoms with E-state index in [4.69, 9.17) is 18.3 Å². The third kappa shape index (κ3) is 17.9. The van der Waals surface area contributed by atoms with Crippen molar-refractivity contribution >= 4 is 19.9 Å². The van der Waals surface area contributed by atoms with Crippen LogP contribution >= 0.6 is 7.82 Å². The van der Waals surface area contributed by atoms with Gasteiger partial charge in [-0.15, -0.1) is 0 Å². The van der Waals surface area contributed by atoms with Crippen molar-refractivity contribution in [1.82, 2.24) is 5.32 Å². The number of benzene rings is 2. The molecule has 0 saturated carbocycles. The summed E-state index contributed by atoms with van der Waals surface area (Å²) in [6.07, 6.45) is 14.9. The van der Waals surface area contributed by atoms with Gasteiger partial charge in [-0.05, 0) is 38.3 Å². The molecule has 2 rings (SSSR count). The molecule has 2 N–H and O–H groups in total. The number of phosphoric ester groups is 1. The van der Waals surface area contributed by atoms with Gasteiger partial charge in [0, 0.05) is 0 Å². The zero-order valence-electron chi connectivity index (χ0n) is 29.0. The van der Waals surface area contributed by atoms with E-state index in [-0.39, 0.29) is 6.61 Å². The maximum Gasteiger partial charge on any atom is 0.533 e. The monoisotopic (exact) mass is 675 g/mol. The highest BCUT2D eigenvalue weighted by Gasteiger charge is 2.39. The molecular weight excluding hydrogens is 617 g/mol. The average molecular weight is 676 g/mol. The van der Waals surface area contributed by atoms with Gasteiger partial charge in [0.05, 0.1) is 13.2 Å². The molecule has 10 heteroatoms. The van der Waals surface area contributed by atoms with E-state index in [0.717, 1.165) is 19.3 Å². The molecule has 0 aromatic heterocycles. The molecule has 0 heterocycles. The zero-order chi connectivity index (χ0) is 34.4. The molecule has 9 nitrogen and oxygen atoms in total. The van der Waals surface area contributed by atoms with Crippen LogP contribution in [0, 0.1) is 0 Å². The summed E-state index contributed by atoms with van der Waals surface area (Å²) < 4.78 is 36.5. The van der Waals surface area contributed by atoms with Crippen LogP contribution in [-0.4, -0.2) is 42.0 Å². The van der Waals surface area contributed by atoms with E-state index >= 15 is 0 Å². The molecular formula is C37H58NO8P. The van der Waals surface area contributed by atoms with Crippen molar-refractivity contribution in [1.29, 1.82) is 0 Å². The van der Waals surface area contributed by atoms with E-state index in [1.807, 2.05) is 60.7 Å². The Morgan fingerprint density at radius 2 is 1.19 bits per heavy atom. The molecule has 1 unspecified atom stereocenters. The lowest BCUT2D eigenvalue weighted by molar-refractivity contribution is -0.140. The summed E-state index contributed by atoms with van der Waals surface area (Å²) in [5, 5.41) is 12.1. The fourth-order valence-electron chi connectivity index (χ4n) is 5.05. The summed E-state index contributed by atoms with van der Waals surface area (Å²) in [6, 6.07) is 16.7.